The molecule has 4 atom stereocenters. The summed E-state index contributed by atoms with van der Waals surface area (Å²) in [7, 11) is 0. The normalized spacial score (nSPS) is 30.3. The molecular weight excluding hydrogens is 224 g/mol. The zero-order valence-electron chi connectivity index (χ0n) is 12.6. The lowest BCUT2D eigenvalue weighted by molar-refractivity contribution is 0.0287. The first kappa shape index (κ1) is 15.9. The van der Waals surface area contributed by atoms with Crippen LogP contribution in [0.25, 0.3) is 0 Å². The first-order chi connectivity index (χ1) is 8.49. The zero-order valence-corrected chi connectivity index (χ0v) is 12.6. The van der Waals surface area contributed by atoms with Crippen LogP contribution >= 0.6 is 0 Å². The molecule has 1 aliphatic heterocycles. The van der Waals surface area contributed by atoms with E-state index >= 15 is 0 Å². The third kappa shape index (κ3) is 4.19. The highest BCUT2D eigenvalue weighted by atomic mass is 15.3. The predicted octanol–water partition coefficient (Wildman–Crippen LogP) is 0.856. The van der Waals surface area contributed by atoms with Crippen molar-refractivity contribution in [1.82, 2.24) is 9.80 Å². The fourth-order valence-electron chi connectivity index (χ4n) is 2.65. The van der Waals surface area contributed by atoms with Crippen LogP contribution in [0.2, 0.25) is 0 Å². The zero-order chi connectivity index (χ0) is 13.7. The van der Waals surface area contributed by atoms with Crippen molar-refractivity contribution in [3.63, 3.8) is 0 Å². The van der Waals surface area contributed by atoms with Crippen molar-refractivity contribution in [2.45, 2.75) is 64.7 Å². The summed E-state index contributed by atoms with van der Waals surface area (Å²) in [6.07, 6.45) is 2.12. The second-order valence-corrected chi connectivity index (χ2v) is 5.81. The summed E-state index contributed by atoms with van der Waals surface area (Å²) in [4.78, 5) is 5.07. The minimum atomic E-state index is 0.309. The summed E-state index contributed by atoms with van der Waals surface area (Å²) in [6, 6.07) is 1.76. The van der Waals surface area contributed by atoms with Crippen LogP contribution < -0.4 is 11.5 Å². The number of nitrogens with two attached hydrogens (primary N) is 2. The smallest absolute Gasteiger partial charge is 0.0221 e. The van der Waals surface area contributed by atoms with Gasteiger partial charge in [-0.05, 0) is 26.7 Å². The van der Waals surface area contributed by atoms with E-state index in [4.69, 9.17) is 11.5 Å². The largest absolute Gasteiger partial charge is 0.327 e. The van der Waals surface area contributed by atoms with Gasteiger partial charge < -0.3 is 11.5 Å². The van der Waals surface area contributed by atoms with E-state index in [1.165, 1.54) is 0 Å². The Labute approximate surface area is 113 Å². The van der Waals surface area contributed by atoms with Crippen molar-refractivity contribution in [2.75, 3.05) is 26.2 Å². The number of nitrogens with zero attached hydrogens (tertiary/aromatic N) is 2. The quantitative estimate of drug-likeness (QED) is 0.740. The van der Waals surface area contributed by atoms with Crippen molar-refractivity contribution in [2.24, 2.45) is 11.5 Å². The van der Waals surface area contributed by atoms with Gasteiger partial charge in [0.15, 0.2) is 0 Å². The average molecular weight is 256 g/mol. The van der Waals surface area contributed by atoms with E-state index in [0.29, 0.717) is 24.2 Å². The molecule has 0 aromatic rings. The predicted molar refractivity (Wildman–Crippen MR) is 78.6 cm³/mol. The molecule has 4 unspecified atom stereocenters. The van der Waals surface area contributed by atoms with Crippen LogP contribution in [0, 0.1) is 0 Å². The van der Waals surface area contributed by atoms with Gasteiger partial charge in [0, 0.05) is 50.3 Å². The molecule has 0 aromatic heterocycles. The second kappa shape index (κ2) is 7.43. The standard InChI is InChI=1S/C14H32N4/c1-5-13(15)9-17-7-8-18(10-14(16)6-2)12(4)11(17)3/h11-14H,5-10,15-16H2,1-4H3. The Bertz CT molecular complexity index is 210. The molecule has 0 radical (unpaired) electrons. The van der Waals surface area contributed by atoms with Gasteiger partial charge in [0.25, 0.3) is 0 Å². The van der Waals surface area contributed by atoms with Gasteiger partial charge in [-0.3, -0.25) is 9.80 Å². The van der Waals surface area contributed by atoms with E-state index in [0.717, 1.165) is 39.0 Å². The highest BCUT2D eigenvalue weighted by Gasteiger charge is 2.31. The maximum absolute atomic E-state index is 6.07. The monoisotopic (exact) mass is 256 g/mol. The van der Waals surface area contributed by atoms with Crippen molar-refractivity contribution in [3.05, 3.63) is 0 Å². The molecule has 1 rings (SSSR count). The average Bonchev–Trinajstić information content (AvgIpc) is 2.37. The lowest BCUT2D eigenvalue weighted by Gasteiger charge is -2.46. The summed E-state index contributed by atoms with van der Waals surface area (Å²) < 4.78 is 0. The van der Waals surface area contributed by atoms with Gasteiger partial charge in [0.1, 0.15) is 0 Å². The summed E-state index contributed by atoms with van der Waals surface area (Å²) in [5.41, 5.74) is 12.1. The van der Waals surface area contributed by atoms with E-state index in [-0.39, 0.29) is 0 Å². The summed E-state index contributed by atoms with van der Waals surface area (Å²) >= 11 is 0. The van der Waals surface area contributed by atoms with E-state index < -0.39 is 0 Å². The molecule has 0 bridgehead atoms. The Morgan fingerprint density at radius 1 is 0.889 bits per heavy atom. The fraction of sp³-hybridized carbons (Fsp3) is 1.00. The van der Waals surface area contributed by atoms with Gasteiger partial charge in [-0.1, -0.05) is 13.8 Å². The molecule has 0 aromatic carbocycles. The van der Waals surface area contributed by atoms with Crippen molar-refractivity contribution >= 4 is 0 Å². The molecule has 18 heavy (non-hydrogen) atoms. The van der Waals surface area contributed by atoms with E-state index in [2.05, 4.69) is 37.5 Å². The minimum absolute atomic E-state index is 0.309. The Morgan fingerprint density at radius 2 is 1.22 bits per heavy atom. The summed E-state index contributed by atoms with van der Waals surface area (Å²) in [5.74, 6) is 0. The van der Waals surface area contributed by atoms with Crippen LogP contribution in [-0.2, 0) is 0 Å². The molecule has 4 heteroatoms. The molecule has 0 amide bonds. The maximum atomic E-state index is 6.07. The Hall–Kier alpha value is -0.160. The Morgan fingerprint density at radius 3 is 1.50 bits per heavy atom. The van der Waals surface area contributed by atoms with Crippen LogP contribution in [0.15, 0.2) is 0 Å². The van der Waals surface area contributed by atoms with Crippen LogP contribution in [0.3, 0.4) is 0 Å². The van der Waals surface area contributed by atoms with Crippen LogP contribution in [0.4, 0.5) is 0 Å². The highest BCUT2D eigenvalue weighted by Crippen LogP contribution is 2.17. The maximum Gasteiger partial charge on any atom is 0.0221 e. The topological polar surface area (TPSA) is 58.5 Å². The number of hydrogen-bond acceptors (Lipinski definition) is 4. The SMILES string of the molecule is CCC(N)CN1CCN(CC(N)CC)C(C)C1C. The van der Waals surface area contributed by atoms with Crippen LogP contribution in [0.5, 0.6) is 0 Å². The van der Waals surface area contributed by atoms with Crippen molar-refractivity contribution in [1.29, 1.82) is 0 Å². The first-order valence-corrected chi connectivity index (χ1v) is 7.48. The van der Waals surface area contributed by atoms with Crippen LogP contribution in [-0.4, -0.2) is 60.1 Å². The summed E-state index contributed by atoms with van der Waals surface area (Å²) in [5, 5.41) is 0. The molecule has 0 aliphatic carbocycles. The lowest BCUT2D eigenvalue weighted by atomic mass is 10.0. The number of piperazine rings is 1. The Kier molecular flexibility index (Phi) is 6.57. The third-order valence-electron chi connectivity index (χ3n) is 4.51. The van der Waals surface area contributed by atoms with E-state index in [1.54, 1.807) is 0 Å². The number of hydrogen-bond donors (Lipinski definition) is 2. The molecule has 1 saturated heterocycles. The van der Waals surface area contributed by atoms with Gasteiger partial charge >= 0.3 is 0 Å². The van der Waals surface area contributed by atoms with Crippen molar-refractivity contribution < 1.29 is 0 Å². The molecule has 4 N–H and O–H groups in total. The van der Waals surface area contributed by atoms with Gasteiger partial charge in [0.05, 0.1) is 0 Å². The van der Waals surface area contributed by atoms with Gasteiger partial charge in [-0.25, -0.2) is 0 Å². The van der Waals surface area contributed by atoms with E-state index in [1.807, 2.05) is 0 Å². The Balaban J connectivity index is 2.49. The molecule has 0 spiro atoms. The van der Waals surface area contributed by atoms with Gasteiger partial charge in [-0.15, -0.1) is 0 Å². The molecule has 0 saturated carbocycles. The van der Waals surface area contributed by atoms with E-state index in [9.17, 15) is 0 Å². The van der Waals surface area contributed by atoms with Crippen LogP contribution in [0.1, 0.15) is 40.5 Å². The van der Waals surface area contributed by atoms with Crippen molar-refractivity contribution in [3.8, 4) is 0 Å². The molecular formula is C14H32N4. The summed E-state index contributed by atoms with van der Waals surface area (Å²) in [6.45, 7) is 13.2. The molecule has 108 valence electrons. The molecule has 1 fully saturated rings. The molecule has 4 nitrogen and oxygen atoms in total. The number of rotatable bonds is 6. The fourth-order valence-corrected chi connectivity index (χ4v) is 2.65. The second-order valence-electron chi connectivity index (χ2n) is 5.81. The highest BCUT2D eigenvalue weighted by molar-refractivity contribution is 4.88. The van der Waals surface area contributed by atoms with Gasteiger partial charge in [0.2, 0.25) is 0 Å². The third-order valence-corrected chi connectivity index (χ3v) is 4.51. The lowest BCUT2D eigenvalue weighted by Crippen LogP contribution is -2.60. The van der Waals surface area contributed by atoms with Gasteiger partial charge in [-0.2, -0.15) is 0 Å². The first-order valence-electron chi connectivity index (χ1n) is 7.48. The minimum Gasteiger partial charge on any atom is -0.327 e. The molecule has 1 aliphatic rings. The molecule has 1 heterocycles.